The highest BCUT2D eigenvalue weighted by Crippen LogP contribution is 2.27. The largest absolute Gasteiger partial charge is 0.386 e. The number of aliphatic hydroxyl groups is 1. The van der Waals surface area contributed by atoms with Crippen LogP contribution in [-0.4, -0.2) is 16.6 Å². The number of fused-ring (bicyclic) bond motifs is 1. The molecule has 2 rings (SSSR count). The van der Waals surface area contributed by atoms with Crippen LogP contribution in [0.4, 0.5) is 5.82 Å². The van der Waals surface area contributed by atoms with E-state index in [0.29, 0.717) is 6.54 Å². The Balaban J connectivity index is 2.50. The summed E-state index contributed by atoms with van der Waals surface area (Å²) in [5, 5.41) is 12.4. The Morgan fingerprint density at radius 3 is 3.27 bits per heavy atom. The summed E-state index contributed by atoms with van der Waals surface area (Å²) < 4.78 is 0. The van der Waals surface area contributed by atoms with Gasteiger partial charge in [0, 0.05) is 17.8 Å². The van der Waals surface area contributed by atoms with Crippen molar-refractivity contribution in [1.82, 2.24) is 4.98 Å². The normalized spacial score (nSPS) is 21.1. The minimum Gasteiger partial charge on any atom is -0.386 e. The molecule has 0 radical (unpaired) electrons. The van der Waals surface area contributed by atoms with Crippen LogP contribution in [0.5, 0.6) is 0 Å². The fraction of sp³-hybridized carbons (Fsp3) is 0.375. The Bertz CT molecular complexity index is 285. The molecule has 0 spiro atoms. The summed E-state index contributed by atoms with van der Waals surface area (Å²) in [7, 11) is 0. The van der Waals surface area contributed by atoms with E-state index in [1.165, 1.54) is 0 Å². The van der Waals surface area contributed by atoms with Gasteiger partial charge >= 0.3 is 0 Å². The van der Waals surface area contributed by atoms with Crippen molar-refractivity contribution >= 4 is 5.82 Å². The Labute approximate surface area is 65.1 Å². The summed E-state index contributed by atoms with van der Waals surface area (Å²) in [5.74, 6) is 0.831. The van der Waals surface area contributed by atoms with Gasteiger partial charge in [0.2, 0.25) is 0 Å². The minimum atomic E-state index is -0.377. The van der Waals surface area contributed by atoms with Crippen molar-refractivity contribution < 1.29 is 5.11 Å². The molecular weight excluding hydrogens is 140 g/mol. The monoisotopic (exact) mass is 150 g/mol. The summed E-state index contributed by atoms with van der Waals surface area (Å²) in [6.07, 6.45) is -0.377. The second-order valence-electron chi connectivity index (χ2n) is 2.79. The van der Waals surface area contributed by atoms with E-state index in [1.54, 1.807) is 0 Å². The molecule has 58 valence electrons. The number of rotatable bonds is 0. The quantitative estimate of drug-likeness (QED) is 0.576. The van der Waals surface area contributed by atoms with Crippen molar-refractivity contribution in [1.29, 1.82) is 0 Å². The van der Waals surface area contributed by atoms with Crippen LogP contribution in [0.15, 0.2) is 12.1 Å². The molecule has 0 bridgehead atoms. The number of hydrogen-bond donors (Lipinski definition) is 2. The van der Waals surface area contributed by atoms with Crippen LogP contribution in [-0.2, 0) is 0 Å². The van der Waals surface area contributed by atoms with Crippen LogP contribution < -0.4 is 5.32 Å². The topological polar surface area (TPSA) is 45.2 Å². The van der Waals surface area contributed by atoms with Gasteiger partial charge in [0.25, 0.3) is 0 Å². The third-order valence-corrected chi connectivity index (χ3v) is 1.89. The number of nitrogens with zero attached hydrogens (tertiary/aromatic N) is 1. The highest BCUT2D eigenvalue weighted by Gasteiger charge is 2.19. The van der Waals surface area contributed by atoms with Gasteiger partial charge in [-0.25, -0.2) is 4.98 Å². The molecule has 1 aromatic rings. The van der Waals surface area contributed by atoms with Gasteiger partial charge in [-0.15, -0.1) is 0 Å². The molecule has 1 aliphatic heterocycles. The fourth-order valence-corrected chi connectivity index (χ4v) is 1.28. The second kappa shape index (κ2) is 2.20. The van der Waals surface area contributed by atoms with Gasteiger partial charge in [0.1, 0.15) is 5.82 Å². The second-order valence-corrected chi connectivity index (χ2v) is 2.79. The van der Waals surface area contributed by atoms with Crippen molar-refractivity contribution in [3.8, 4) is 0 Å². The number of aliphatic hydroxyl groups excluding tert-OH is 1. The molecule has 0 saturated heterocycles. The van der Waals surface area contributed by atoms with E-state index in [1.807, 2.05) is 19.1 Å². The molecule has 2 N–H and O–H groups in total. The highest BCUT2D eigenvalue weighted by atomic mass is 16.3. The summed E-state index contributed by atoms with van der Waals surface area (Å²) in [6, 6.07) is 3.83. The molecule has 1 atom stereocenters. The number of aromatic nitrogens is 1. The first-order chi connectivity index (χ1) is 5.27. The van der Waals surface area contributed by atoms with E-state index in [0.717, 1.165) is 17.1 Å². The van der Waals surface area contributed by atoms with E-state index >= 15 is 0 Å². The van der Waals surface area contributed by atoms with Gasteiger partial charge in [-0.3, -0.25) is 0 Å². The molecule has 1 unspecified atom stereocenters. The van der Waals surface area contributed by atoms with Gasteiger partial charge in [-0.1, -0.05) is 6.07 Å². The Morgan fingerprint density at radius 2 is 2.45 bits per heavy atom. The number of nitrogens with one attached hydrogen (secondary N) is 1. The molecule has 0 amide bonds. The summed E-state index contributed by atoms with van der Waals surface area (Å²) in [4.78, 5) is 4.23. The maximum Gasteiger partial charge on any atom is 0.132 e. The van der Waals surface area contributed by atoms with E-state index in [9.17, 15) is 5.11 Å². The zero-order valence-electron chi connectivity index (χ0n) is 6.33. The molecular formula is C8H10N2O. The molecule has 11 heavy (non-hydrogen) atoms. The van der Waals surface area contributed by atoms with Gasteiger partial charge < -0.3 is 10.4 Å². The lowest BCUT2D eigenvalue weighted by Gasteiger charge is -2.00. The number of β-amino-alcohol motifs (C(OH)–C–C–N with tert-alkyl or cyclic N) is 1. The Morgan fingerprint density at radius 1 is 1.64 bits per heavy atom. The van der Waals surface area contributed by atoms with Crippen LogP contribution in [0.25, 0.3) is 0 Å². The summed E-state index contributed by atoms with van der Waals surface area (Å²) in [5.41, 5.74) is 1.89. The van der Waals surface area contributed by atoms with Crippen LogP contribution >= 0.6 is 0 Å². The van der Waals surface area contributed by atoms with Crippen LogP contribution in [0.3, 0.4) is 0 Å². The van der Waals surface area contributed by atoms with E-state index in [-0.39, 0.29) is 6.10 Å². The van der Waals surface area contributed by atoms with E-state index in [4.69, 9.17) is 0 Å². The third-order valence-electron chi connectivity index (χ3n) is 1.89. The minimum absolute atomic E-state index is 0.377. The molecule has 0 aliphatic carbocycles. The zero-order chi connectivity index (χ0) is 7.84. The SMILES string of the molecule is Cc1ccc2c(n1)NCC2O. The predicted molar refractivity (Wildman–Crippen MR) is 42.4 cm³/mol. The van der Waals surface area contributed by atoms with Crippen molar-refractivity contribution in [2.24, 2.45) is 0 Å². The molecule has 1 aliphatic rings. The molecule has 3 heteroatoms. The first kappa shape index (κ1) is 6.61. The average molecular weight is 150 g/mol. The summed E-state index contributed by atoms with van der Waals surface area (Å²) >= 11 is 0. The smallest absolute Gasteiger partial charge is 0.132 e. The molecule has 2 heterocycles. The van der Waals surface area contributed by atoms with E-state index < -0.39 is 0 Å². The molecule has 0 fully saturated rings. The molecule has 3 nitrogen and oxygen atoms in total. The number of pyridine rings is 1. The van der Waals surface area contributed by atoms with Crippen LogP contribution in [0.1, 0.15) is 17.4 Å². The van der Waals surface area contributed by atoms with Crippen molar-refractivity contribution in [3.05, 3.63) is 23.4 Å². The lowest BCUT2D eigenvalue weighted by molar-refractivity contribution is 0.199. The first-order valence-corrected chi connectivity index (χ1v) is 3.67. The van der Waals surface area contributed by atoms with Gasteiger partial charge in [-0.2, -0.15) is 0 Å². The van der Waals surface area contributed by atoms with Gasteiger partial charge in [-0.05, 0) is 13.0 Å². The third kappa shape index (κ3) is 0.973. The fourth-order valence-electron chi connectivity index (χ4n) is 1.28. The Hall–Kier alpha value is -1.09. The zero-order valence-corrected chi connectivity index (χ0v) is 6.33. The van der Waals surface area contributed by atoms with Crippen molar-refractivity contribution in [2.75, 3.05) is 11.9 Å². The number of hydrogen-bond acceptors (Lipinski definition) is 3. The lowest BCUT2D eigenvalue weighted by atomic mass is 10.2. The molecule has 0 saturated carbocycles. The summed E-state index contributed by atoms with van der Waals surface area (Å²) in [6.45, 7) is 2.53. The molecule has 0 aromatic carbocycles. The standard InChI is InChI=1S/C8H10N2O/c1-5-2-3-6-7(11)4-9-8(6)10-5/h2-3,7,11H,4H2,1H3,(H,9,10). The van der Waals surface area contributed by atoms with E-state index in [2.05, 4.69) is 10.3 Å². The maximum absolute atomic E-state index is 9.37. The average Bonchev–Trinajstić information content (AvgIpc) is 2.32. The predicted octanol–water partition coefficient (Wildman–Crippen LogP) is 0.849. The Kier molecular flexibility index (Phi) is 1.32. The van der Waals surface area contributed by atoms with Gasteiger partial charge in [0.05, 0.1) is 6.10 Å². The van der Waals surface area contributed by atoms with Crippen LogP contribution in [0.2, 0.25) is 0 Å². The number of aryl methyl sites for hydroxylation is 1. The lowest BCUT2D eigenvalue weighted by Crippen LogP contribution is -1.99. The van der Waals surface area contributed by atoms with Crippen molar-refractivity contribution in [2.45, 2.75) is 13.0 Å². The van der Waals surface area contributed by atoms with Gasteiger partial charge in [0.15, 0.2) is 0 Å². The van der Waals surface area contributed by atoms with Crippen molar-refractivity contribution in [3.63, 3.8) is 0 Å². The highest BCUT2D eigenvalue weighted by molar-refractivity contribution is 5.51. The maximum atomic E-state index is 9.37. The first-order valence-electron chi connectivity index (χ1n) is 3.67. The molecule has 1 aromatic heterocycles. The number of anilines is 1. The van der Waals surface area contributed by atoms with Crippen LogP contribution in [0, 0.1) is 6.92 Å².